The molecule has 2 aromatic rings. The third kappa shape index (κ3) is 8.86. The molecule has 0 radical (unpaired) electrons. The predicted molar refractivity (Wildman–Crippen MR) is 128 cm³/mol. The highest BCUT2D eigenvalue weighted by molar-refractivity contribution is 5.87. The van der Waals surface area contributed by atoms with E-state index in [1.54, 1.807) is 6.07 Å². The molecule has 9 heteroatoms. The molecule has 0 aliphatic carbocycles. The number of hydrogen-bond acceptors (Lipinski definition) is 8. The van der Waals surface area contributed by atoms with Crippen LogP contribution in [0.25, 0.3) is 0 Å². The van der Waals surface area contributed by atoms with Gasteiger partial charge < -0.3 is 25.3 Å². The van der Waals surface area contributed by atoms with E-state index in [2.05, 4.69) is 5.32 Å². The van der Waals surface area contributed by atoms with Crippen molar-refractivity contribution in [2.45, 2.75) is 59.2 Å². The van der Waals surface area contributed by atoms with Gasteiger partial charge in [0.1, 0.15) is 12.6 Å². The van der Waals surface area contributed by atoms with Gasteiger partial charge in [-0.1, -0.05) is 56.7 Å². The zero-order valence-electron chi connectivity index (χ0n) is 20.4. The Hall–Kier alpha value is -3.72. The molecule has 35 heavy (non-hydrogen) atoms. The van der Waals surface area contributed by atoms with Gasteiger partial charge in [0.05, 0.1) is 6.04 Å². The molecule has 3 N–H and O–H groups in total. The van der Waals surface area contributed by atoms with Crippen molar-refractivity contribution in [1.29, 1.82) is 0 Å². The summed E-state index contributed by atoms with van der Waals surface area (Å²) in [6.07, 6.45) is 0.724. The minimum absolute atomic E-state index is 0.0178. The lowest BCUT2D eigenvalue weighted by atomic mass is 9.98. The molecule has 0 spiro atoms. The topological polar surface area (TPSA) is 134 Å². The summed E-state index contributed by atoms with van der Waals surface area (Å²) < 4.78 is 15.7. The molecule has 9 nitrogen and oxygen atoms in total. The molecule has 0 heterocycles. The Bertz CT molecular complexity index is 1040. The van der Waals surface area contributed by atoms with E-state index in [0.29, 0.717) is 12.0 Å². The predicted octanol–water partition coefficient (Wildman–Crippen LogP) is 2.68. The van der Waals surface area contributed by atoms with E-state index in [1.165, 1.54) is 26.0 Å². The summed E-state index contributed by atoms with van der Waals surface area (Å²) in [5.74, 6) is -2.32. The highest BCUT2D eigenvalue weighted by atomic mass is 16.6. The van der Waals surface area contributed by atoms with Crippen LogP contribution < -0.4 is 20.5 Å². The zero-order valence-corrected chi connectivity index (χ0v) is 20.4. The molecule has 0 unspecified atom stereocenters. The van der Waals surface area contributed by atoms with Gasteiger partial charge in [-0.2, -0.15) is 0 Å². The van der Waals surface area contributed by atoms with Crippen molar-refractivity contribution in [3.05, 3.63) is 59.7 Å². The number of carbonyl (C=O) groups excluding carboxylic acids is 4. The van der Waals surface area contributed by atoms with Crippen molar-refractivity contribution in [2.24, 2.45) is 11.7 Å². The van der Waals surface area contributed by atoms with Gasteiger partial charge in [-0.3, -0.25) is 14.4 Å². The minimum Gasteiger partial charge on any atom is -0.459 e. The van der Waals surface area contributed by atoms with Crippen LogP contribution in [0.15, 0.2) is 48.5 Å². The molecule has 2 rings (SSSR count). The average molecular weight is 485 g/mol. The van der Waals surface area contributed by atoms with E-state index in [4.69, 9.17) is 19.9 Å². The highest BCUT2D eigenvalue weighted by Gasteiger charge is 2.28. The second-order valence-corrected chi connectivity index (χ2v) is 8.24. The fourth-order valence-electron chi connectivity index (χ4n) is 3.19. The van der Waals surface area contributed by atoms with Gasteiger partial charge in [-0.05, 0) is 29.2 Å². The number of rotatable bonds is 11. The van der Waals surface area contributed by atoms with Crippen molar-refractivity contribution < 1.29 is 33.4 Å². The normalized spacial score (nSPS) is 13.2. The summed E-state index contributed by atoms with van der Waals surface area (Å²) >= 11 is 0. The Labute approximate surface area is 204 Å². The van der Waals surface area contributed by atoms with E-state index in [1.807, 2.05) is 44.2 Å². The number of carbonyl (C=O) groups is 4. The van der Waals surface area contributed by atoms with E-state index in [0.717, 1.165) is 5.56 Å². The fraction of sp³-hybridized carbons (Fsp3) is 0.385. The second-order valence-electron chi connectivity index (χ2n) is 8.24. The molecule has 3 atom stereocenters. The van der Waals surface area contributed by atoms with Gasteiger partial charge in [0.15, 0.2) is 11.5 Å². The van der Waals surface area contributed by atoms with E-state index in [-0.39, 0.29) is 30.4 Å². The minimum atomic E-state index is -1.05. The first-order valence-electron chi connectivity index (χ1n) is 11.4. The molecule has 188 valence electrons. The van der Waals surface area contributed by atoms with Crippen molar-refractivity contribution in [1.82, 2.24) is 5.32 Å². The third-order valence-electron chi connectivity index (χ3n) is 5.34. The van der Waals surface area contributed by atoms with Crippen LogP contribution in [0.3, 0.4) is 0 Å². The zero-order chi connectivity index (χ0) is 26.0. The lowest BCUT2D eigenvalue weighted by Gasteiger charge is -2.23. The maximum atomic E-state index is 13.0. The van der Waals surface area contributed by atoms with Gasteiger partial charge in [0.2, 0.25) is 5.91 Å². The molecule has 0 fully saturated rings. The molecular weight excluding hydrogens is 452 g/mol. The molecule has 1 amide bonds. The van der Waals surface area contributed by atoms with Gasteiger partial charge >= 0.3 is 17.9 Å². The summed E-state index contributed by atoms with van der Waals surface area (Å²) in [7, 11) is 0. The molecule has 0 bridgehead atoms. The summed E-state index contributed by atoms with van der Waals surface area (Å²) in [5.41, 5.74) is 7.39. The Morgan fingerprint density at radius 1 is 0.914 bits per heavy atom. The maximum Gasteiger partial charge on any atom is 0.329 e. The fourth-order valence-corrected chi connectivity index (χ4v) is 3.19. The first kappa shape index (κ1) is 27.5. The van der Waals surface area contributed by atoms with Gasteiger partial charge in [0.25, 0.3) is 0 Å². The van der Waals surface area contributed by atoms with Gasteiger partial charge in [-0.15, -0.1) is 0 Å². The molecule has 0 aliphatic rings. The van der Waals surface area contributed by atoms with Crippen molar-refractivity contribution in [3.63, 3.8) is 0 Å². The number of benzene rings is 2. The number of amides is 1. The SMILES string of the molecule is CC[C@H](C)[C@H](N)C(=O)N[C@@H](Cc1ccc(OC(C)=O)c(OC(C)=O)c1)C(=O)OCc1ccccc1. The van der Waals surface area contributed by atoms with Crippen LogP contribution in [-0.4, -0.2) is 35.9 Å². The number of nitrogens with two attached hydrogens (primary N) is 1. The Kier molecular flexibility index (Phi) is 10.4. The first-order chi connectivity index (χ1) is 16.6. The molecule has 2 aromatic carbocycles. The number of ether oxygens (including phenoxy) is 3. The monoisotopic (exact) mass is 484 g/mol. The second kappa shape index (κ2) is 13.2. The van der Waals surface area contributed by atoms with Crippen LogP contribution in [0.5, 0.6) is 11.5 Å². The molecule has 0 saturated heterocycles. The average Bonchev–Trinajstić information content (AvgIpc) is 2.82. The van der Waals surface area contributed by atoms with Crippen LogP contribution in [-0.2, 0) is 36.9 Å². The molecule has 0 aliphatic heterocycles. The Morgan fingerprint density at radius 2 is 1.54 bits per heavy atom. The van der Waals surface area contributed by atoms with E-state index in [9.17, 15) is 19.2 Å². The maximum absolute atomic E-state index is 13.0. The molecule has 0 saturated carbocycles. The van der Waals surface area contributed by atoms with Crippen molar-refractivity contribution in [2.75, 3.05) is 0 Å². The van der Waals surface area contributed by atoms with Crippen LogP contribution in [0.4, 0.5) is 0 Å². The number of hydrogen-bond donors (Lipinski definition) is 2. The van der Waals surface area contributed by atoms with Crippen molar-refractivity contribution in [3.8, 4) is 11.5 Å². The summed E-state index contributed by atoms with van der Waals surface area (Å²) in [6, 6.07) is 11.8. The smallest absolute Gasteiger partial charge is 0.329 e. The largest absolute Gasteiger partial charge is 0.459 e. The van der Waals surface area contributed by atoms with Gasteiger partial charge in [-0.25, -0.2) is 4.79 Å². The quantitative estimate of drug-likeness (QED) is 0.367. The standard InChI is InChI=1S/C26H32N2O7/c1-5-16(2)24(27)25(31)28-21(26(32)33-15-19-9-7-6-8-10-19)13-20-11-12-22(34-17(3)29)23(14-20)35-18(4)30/h6-12,14,16,21,24H,5,13,15,27H2,1-4H3,(H,28,31)/t16-,21-,24-/m0/s1. The summed E-state index contributed by atoms with van der Waals surface area (Å²) in [4.78, 5) is 48.6. The molecular formula is C26H32N2O7. The lowest BCUT2D eigenvalue weighted by molar-refractivity contribution is -0.149. The van der Waals surface area contributed by atoms with Crippen LogP contribution in [0.1, 0.15) is 45.2 Å². The van der Waals surface area contributed by atoms with Crippen LogP contribution >= 0.6 is 0 Å². The Balaban J connectivity index is 2.27. The van der Waals surface area contributed by atoms with Gasteiger partial charge in [0, 0.05) is 20.3 Å². The Morgan fingerprint density at radius 3 is 2.14 bits per heavy atom. The lowest BCUT2D eigenvalue weighted by Crippen LogP contribution is -2.51. The summed E-state index contributed by atoms with van der Waals surface area (Å²) in [6.45, 7) is 6.25. The molecule has 0 aromatic heterocycles. The van der Waals surface area contributed by atoms with Crippen LogP contribution in [0, 0.1) is 5.92 Å². The third-order valence-corrected chi connectivity index (χ3v) is 5.34. The number of nitrogens with one attached hydrogen (secondary N) is 1. The first-order valence-corrected chi connectivity index (χ1v) is 11.4. The number of esters is 3. The van der Waals surface area contributed by atoms with Crippen molar-refractivity contribution >= 4 is 23.8 Å². The summed E-state index contributed by atoms with van der Waals surface area (Å²) in [5, 5.41) is 2.69. The highest BCUT2D eigenvalue weighted by Crippen LogP contribution is 2.29. The van der Waals surface area contributed by atoms with Crippen LogP contribution in [0.2, 0.25) is 0 Å². The van der Waals surface area contributed by atoms with E-state index < -0.39 is 35.9 Å². The van der Waals surface area contributed by atoms with E-state index >= 15 is 0 Å².